The van der Waals surface area contributed by atoms with E-state index in [0.29, 0.717) is 32.1 Å². The van der Waals surface area contributed by atoms with Crippen LogP contribution < -0.4 is 0 Å². The Balaban J connectivity index is 1.90. The number of fused-ring (bicyclic) bond motifs is 3. The Kier molecular flexibility index (Phi) is 4.83. The van der Waals surface area contributed by atoms with E-state index in [-0.39, 0.29) is 30.1 Å². The molecule has 1 aliphatic rings. The quantitative estimate of drug-likeness (QED) is 0.529. The first-order valence-corrected chi connectivity index (χ1v) is 9.41. The van der Waals surface area contributed by atoms with Crippen molar-refractivity contribution in [2.45, 2.75) is 19.1 Å². The van der Waals surface area contributed by atoms with Gasteiger partial charge in [-0.05, 0) is 42.3 Å². The first kappa shape index (κ1) is 19.8. The summed E-state index contributed by atoms with van der Waals surface area (Å²) in [5.41, 5.74) is 1.75. The maximum Gasteiger partial charge on any atom is 0.471 e. The fraction of sp³-hybridized carbons (Fsp3) is 0.200. The van der Waals surface area contributed by atoms with Gasteiger partial charge in [0.1, 0.15) is 0 Å². The van der Waals surface area contributed by atoms with Crippen LogP contribution in [0.5, 0.6) is 0 Å². The highest BCUT2D eigenvalue weighted by atomic mass is 35.5. The lowest BCUT2D eigenvalue weighted by Crippen LogP contribution is -2.44. The van der Waals surface area contributed by atoms with Crippen LogP contribution in [0.4, 0.5) is 13.2 Å². The molecule has 0 N–H and O–H groups in total. The molecule has 1 aliphatic heterocycles. The molecule has 0 saturated heterocycles. The molecule has 9 heteroatoms. The van der Waals surface area contributed by atoms with Crippen LogP contribution in [0.25, 0.3) is 10.9 Å². The van der Waals surface area contributed by atoms with Gasteiger partial charge in [-0.1, -0.05) is 35.3 Å². The second kappa shape index (κ2) is 7.07. The number of carbonyl (C=O) groups excluding carboxylic acids is 2. The summed E-state index contributed by atoms with van der Waals surface area (Å²) in [5.74, 6) is -2.41. The highest BCUT2D eigenvalue weighted by Gasteiger charge is 2.44. The van der Waals surface area contributed by atoms with E-state index in [9.17, 15) is 22.8 Å². The number of nitrogens with zero attached hydrogens (tertiary/aromatic N) is 2. The standard InChI is InChI=1S/C20H13Cl2F3N2O2/c21-11-5-6-16-14(9-11)12-7-8-26(19(29)20(23,24)25)10-17(12)27(16)18(28)13-3-1-2-4-15(13)22/h1-6,9H,7-8,10H2. The maximum absolute atomic E-state index is 13.3. The van der Waals surface area contributed by atoms with Crippen molar-refractivity contribution in [3.8, 4) is 0 Å². The van der Waals surface area contributed by atoms with Gasteiger partial charge in [0, 0.05) is 22.6 Å². The number of halogens is 5. The number of aromatic nitrogens is 1. The smallest absolute Gasteiger partial charge is 0.329 e. The van der Waals surface area contributed by atoms with E-state index in [1.54, 1.807) is 42.5 Å². The van der Waals surface area contributed by atoms with Gasteiger partial charge >= 0.3 is 12.1 Å². The lowest BCUT2D eigenvalue weighted by molar-refractivity contribution is -0.186. The van der Waals surface area contributed by atoms with Crippen molar-refractivity contribution in [2.24, 2.45) is 0 Å². The Bertz CT molecular complexity index is 1150. The molecule has 29 heavy (non-hydrogen) atoms. The van der Waals surface area contributed by atoms with Crippen molar-refractivity contribution in [2.75, 3.05) is 6.54 Å². The summed E-state index contributed by atoms with van der Waals surface area (Å²) in [7, 11) is 0. The molecular weight excluding hydrogens is 428 g/mol. The summed E-state index contributed by atoms with van der Waals surface area (Å²) in [6.07, 6.45) is -4.80. The van der Waals surface area contributed by atoms with Crippen molar-refractivity contribution in [3.63, 3.8) is 0 Å². The van der Waals surface area contributed by atoms with Crippen LogP contribution in [0, 0.1) is 0 Å². The molecule has 2 aromatic carbocycles. The summed E-state index contributed by atoms with van der Waals surface area (Å²) in [4.78, 5) is 25.8. The summed E-state index contributed by atoms with van der Waals surface area (Å²) in [6, 6.07) is 11.3. The molecule has 0 atom stereocenters. The van der Waals surface area contributed by atoms with Gasteiger partial charge < -0.3 is 4.90 Å². The van der Waals surface area contributed by atoms with Crippen LogP contribution in [0.15, 0.2) is 42.5 Å². The van der Waals surface area contributed by atoms with Gasteiger partial charge in [0.05, 0.1) is 22.6 Å². The highest BCUT2D eigenvalue weighted by molar-refractivity contribution is 6.34. The topological polar surface area (TPSA) is 42.3 Å². The van der Waals surface area contributed by atoms with Gasteiger partial charge in [-0.15, -0.1) is 0 Å². The fourth-order valence-electron chi connectivity index (χ4n) is 3.67. The first-order valence-electron chi connectivity index (χ1n) is 8.65. The summed E-state index contributed by atoms with van der Waals surface area (Å²) < 4.78 is 40.2. The predicted octanol–water partition coefficient (Wildman–Crippen LogP) is 5.08. The second-order valence-electron chi connectivity index (χ2n) is 6.68. The zero-order valence-corrected chi connectivity index (χ0v) is 16.3. The van der Waals surface area contributed by atoms with Crippen LogP contribution in [-0.4, -0.2) is 34.0 Å². The van der Waals surface area contributed by atoms with Crippen LogP contribution in [0.2, 0.25) is 10.0 Å². The summed E-state index contributed by atoms with van der Waals surface area (Å²) in [6.45, 7) is -0.437. The molecule has 1 amide bonds. The van der Waals surface area contributed by atoms with Crippen LogP contribution >= 0.6 is 23.2 Å². The SMILES string of the molecule is O=C(c1ccccc1Cl)n1c2c(c3cc(Cl)ccc31)CCN(C(=O)C(F)(F)F)C2. The molecule has 2 heterocycles. The van der Waals surface area contributed by atoms with Gasteiger partial charge in [-0.2, -0.15) is 13.2 Å². The normalized spacial score (nSPS) is 14.2. The van der Waals surface area contributed by atoms with Crippen LogP contribution in [0.3, 0.4) is 0 Å². The van der Waals surface area contributed by atoms with E-state index in [1.807, 2.05) is 0 Å². The maximum atomic E-state index is 13.3. The molecule has 1 aromatic heterocycles. The van der Waals surface area contributed by atoms with Crippen molar-refractivity contribution in [1.29, 1.82) is 0 Å². The Labute approximate surface area is 173 Å². The van der Waals surface area contributed by atoms with Crippen LogP contribution in [-0.2, 0) is 17.8 Å². The number of rotatable bonds is 1. The van der Waals surface area contributed by atoms with Crippen molar-refractivity contribution >= 4 is 45.9 Å². The molecule has 0 fully saturated rings. The van der Waals surface area contributed by atoms with Crippen molar-refractivity contribution < 1.29 is 22.8 Å². The Hall–Kier alpha value is -2.51. The zero-order chi connectivity index (χ0) is 20.9. The first-order chi connectivity index (χ1) is 13.7. The zero-order valence-electron chi connectivity index (χ0n) is 14.8. The minimum Gasteiger partial charge on any atom is -0.329 e. The third-order valence-electron chi connectivity index (χ3n) is 4.95. The molecule has 0 bridgehead atoms. The van der Waals surface area contributed by atoms with E-state index in [2.05, 4.69) is 0 Å². The molecule has 4 nitrogen and oxygen atoms in total. The number of alkyl halides is 3. The van der Waals surface area contributed by atoms with Crippen LogP contribution in [0.1, 0.15) is 21.6 Å². The lowest BCUT2D eigenvalue weighted by atomic mass is 10.0. The van der Waals surface area contributed by atoms with Crippen molar-refractivity contribution in [3.05, 3.63) is 69.3 Å². The molecule has 0 unspecified atom stereocenters. The van der Waals surface area contributed by atoms with Gasteiger partial charge in [0.2, 0.25) is 0 Å². The van der Waals surface area contributed by atoms with Crippen molar-refractivity contribution in [1.82, 2.24) is 9.47 Å². The number of hydrogen-bond acceptors (Lipinski definition) is 2. The van der Waals surface area contributed by atoms with Gasteiger partial charge in [-0.25, -0.2) is 0 Å². The minimum absolute atomic E-state index is 0.0999. The number of amides is 1. The minimum atomic E-state index is -4.98. The highest BCUT2D eigenvalue weighted by Crippen LogP contribution is 2.35. The number of hydrogen-bond donors (Lipinski definition) is 0. The van der Waals surface area contributed by atoms with E-state index in [1.165, 1.54) is 4.57 Å². The Morgan fingerprint density at radius 2 is 1.76 bits per heavy atom. The second-order valence-corrected chi connectivity index (χ2v) is 7.53. The molecule has 0 radical (unpaired) electrons. The lowest BCUT2D eigenvalue weighted by Gasteiger charge is -2.29. The predicted molar refractivity (Wildman–Crippen MR) is 103 cm³/mol. The fourth-order valence-corrected chi connectivity index (χ4v) is 4.06. The molecule has 0 spiro atoms. The molecule has 0 aliphatic carbocycles. The third-order valence-corrected chi connectivity index (χ3v) is 5.52. The van der Waals surface area contributed by atoms with E-state index < -0.39 is 18.0 Å². The number of carbonyl (C=O) groups is 2. The molecule has 0 saturated carbocycles. The molecular formula is C20H13Cl2F3N2O2. The summed E-state index contributed by atoms with van der Waals surface area (Å²) >= 11 is 12.3. The average molecular weight is 441 g/mol. The Morgan fingerprint density at radius 1 is 1.03 bits per heavy atom. The summed E-state index contributed by atoms with van der Waals surface area (Å²) in [5, 5.41) is 1.34. The monoisotopic (exact) mass is 440 g/mol. The van der Waals surface area contributed by atoms with E-state index in [4.69, 9.17) is 23.2 Å². The molecule has 150 valence electrons. The van der Waals surface area contributed by atoms with Gasteiger partial charge in [0.25, 0.3) is 5.91 Å². The third kappa shape index (κ3) is 3.38. The number of benzene rings is 2. The Morgan fingerprint density at radius 3 is 2.45 bits per heavy atom. The average Bonchev–Trinajstić information content (AvgIpc) is 2.99. The van der Waals surface area contributed by atoms with E-state index in [0.717, 1.165) is 0 Å². The van der Waals surface area contributed by atoms with Gasteiger partial charge in [-0.3, -0.25) is 14.2 Å². The van der Waals surface area contributed by atoms with E-state index >= 15 is 0 Å². The molecule has 4 rings (SSSR count). The largest absolute Gasteiger partial charge is 0.471 e. The molecule has 3 aromatic rings. The van der Waals surface area contributed by atoms with Gasteiger partial charge in [0.15, 0.2) is 0 Å².